The predicted molar refractivity (Wildman–Crippen MR) is 21.3 cm³/mol. The average Bonchev–Trinajstić information content (AvgIpc) is 1.35. The zero-order valence-corrected chi connectivity index (χ0v) is 4.10. The van der Waals surface area contributed by atoms with Gasteiger partial charge in [-0.3, -0.25) is 0 Å². The molecule has 0 aliphatic carbocycles. The van der Waals surface area contributed by atoms with Crippen molar-refractivity contribution in [3.8, 4) is 0 Å². The molecule has 0 spiro atoms. The van der Waals surface area contributed by atoms with Gasteiger partial charge in [0.2, 0.25) is 5.13 Å². The van der Waals surface area contributed by atoms with Crippen molar-refractivity contribution in [2.45, 2.75) is 12.1 Å². The van der Waals surface area contributed by atoms with Crippen LogP contribution < -0.4 is 0 Å². The fourth-order valence-electron chi connectivity index (χ4n) is 0. The first-order valence-electron chi connectivity index (χ1n) is 1.50. The average molecular weight is 115 g/mol. The smallest absolute Gasteiger partial charge is 0.208 e. The van der Waals surface area contributed by atoms with E-state index in [1.807, 2.05) is 0 Å². The van der Waals surface area contributed by atoms with Crippen LogP contribution in [0.25, 0.3) is 0 Å². The Kier molecular flexibility index (Phi) is 1.78. The van der Waals surface area contributed by atoms with Gasteiger partial charge in [-0.2, -0.15) is 0 Å². The number of hydrogen-bond donors (Lipinski definition) is 0. The Balaban J connectivity index is 3.17. The molecule has 0 aliphatic rings. The number of halogens is 3. The minimum Gasteiger partial charge on any atom is -0.246 e. The van der Waals surface area contributed by atoms with Gasteiger partial charge >= 0.3 is 0 Å². The molecule has 0 rings (SSSR count). The van der Waals surface area contributed by atoms with Crippen LogP contribution in [0.2, 0.25) is 0 Å². The summed E-state index contributed by atoms with van der Waals surface area (Å²) in [7, 11) is 0. The first-order valence-corrected chi connectivity index (χ1v) is 1.88. The summed E-state index contributed by atoms with van der Waals surface area (Å²) in [6.07, 6.45) is 0. The molecule has 1 atom stereocenters. The van der Waals surface area contributed by atoms with Crippen LogP contribution in [0, 0.1) is 0 Å². The molecule has 0 bridgehead atoms. The molecule has 0 nitrogen and oxygen atoms in total. The molecule has 0 heterocycles. The van der Waals surface area contributed by atoms with Gasteiger partial charge in [0.15, 0.2) is 0 Å². The Morgan fingerprint density at radius 2 is 2.00 bits per heavy atom. The van der Waals surface area contributed by atoms with Crippen molar-refractivity contribution in [1.29, 1.82) is 0 Å². The highest BCUT2D eigenvalue weighted by Crippen LogP contribution is 2.14. The van der Waals surface area contributed by atoms with E-state index in [-0.39, 0.29) is 0 Å². The lowest BCUT2D eigenvalue weighted by molar-refractivity contribution is 0.237. The lowest BCUT2D eigenvalue weighted by Gasteiger charge is -2.01. The second-order valence-electron chi connectivity index (χ2n) is 1.20. The van der Waals surface area contributed by atoms with Gasteiger partial charge in [-0.05, 0) is 6.92 Å². The molecule has 0 N–H and O–H groups in total. The van der Waals surface area contributed by atoms with Gasteiger partial charge in [-0.1, -0.05) is 11.6 Å². The fraction of sp³-hybridized carbons (Fsp3) is 1.00. The molecule has 1 unspecified atom stereocenters. The Hall–Kier alpha value is 0.150. The van der Waals surface area contributed by atoms with Crippen LogP contribution in [0.4, 0.5) is 8.78 Å². The highest BCUT2D eigenvalue weighted by molar-refractivity contribution is 6.22. The van der Waals surface area contributed by atoms with Gasteiger partial charge in [0.25, 0.3) is 0 Å². The zero-order chi connectivity index (χ0) is 5.21. The lowest BCUT2D eigenvalue weighted by Crippen LogP contribution is -2.09. The van der Waals surface area contributed by atoms with E-state index in [1.54, 1.807) is 0 Å². The summed E-state index contributed by atoms with van der Waals surface area (Å²) in [4.78, 5) is 0. The highest BCUT2D eigenvalue weighted by atomic mass is 35.5. The van der Waals surface area contributed by atoms with Crippen molar-refractivity contribution in [1.82, 2.24) is 0 Å². The zero-order valence-electron chi connectivity index (χ0n) is 3.34. The summed E-state index contributed by atoms with van der Waals surface area (Å²) in [5, 5.41) is -2.15. The number of hydrogen-bond acceptors (Lipinski definition) is 0. The first-order chi connectivity index (χ1) is 2.56. The fourth-order valence-corrected chi connectivity index (χ4v) is 0. The van der Waals surface area contributed by atoms with Crippen LogP contribution in [-0.2, 0) is 0 Å². The Morgan fingerprint density at radius 3 is 2.00 bits per heavy atom. The quantitative estimate of drug-likeness (QED) is 0.457. The first kappa shape index (κ1) is 6.15. The van der Waals surface area contributed by atoms with Gasteiger partial charge in [0.05, 0.1) is 0 Å². The summed E-state index contributed by atoms with van der Waals surface area (Å²) in [6.45, 7) is -0.164. The van der Waals surface area contributed by atoms with Crippen LogP contribution in [0.3, 0.4) is 0 Å². The molecule has 0 fully saturated rings. The minimum absolute atomic E-state index is 0.967. The standard InChI is InChI=1S/C3H5ClF2/c1-3(4,6)2-5/h2H2,1H3. The van der Waals surface area contributed by atoms with E-state index in [4.69, 9.17) is 0 Å². The van der Waals surface area contributed by atoms with E-state index in [0.717, 1.165) is 6.92 Å². The number of rotatable bonds is 1. The maximum Gasteiger partial charge on any atom is 0.208 e. The minimum atomic E-state index is -2.15. The van der Waals surface area contributed by atoms with Crippen molar-refractivity contribution in [3.63, 3.8) is 0 Å². The number of alkyl halides is 3. The third-order valence-corrected chi connectivity index (χ3v) is 0.336. The van der Waals surface area contributed by atoms with E-state index in [0.29, 0.717) is 0 Å². The van der Waals surface area contributed by atoms with E-state index >= 15 is 0 Å². The predicted octanol–water partition coefficient (Wildman–Crippen LogP) is 1.88. The lowest BCUT2D eigenvalue weighted by atomic mass is 10.5. The Morgan fingerprint density at radius 1 is 1.83 bits per heavy atom. The molecule has 0 aliphatic heterocycles. The largest absolute Gasteiger partial charge is 0.246 e. The van der Waals surface area contributed by atoms with Crippen LogP contribution >= 0.6 is 11.6 Å². The third-order valence-electron chi connectivity index (χ3n) is 0.235. The summed E-state index contributed by atoms with van der Waals surface area (Å²) in [6, 6.07) is 0. The van der Waals surface area contributed by atoms with E-state index < -0.39 is 11.8 Å². The molecule has 0 saturated carbocycles. The van der Waals surface area contributed by atoms with Crippen molar-refractivity contribution in [2.24, 2.45) is 0 Å². The molecule has 6 heavy (non-hydrogen) atoms. The summed E-state index contributed by atoms with van der Waals surface area (Å²) in [5.41, 5.74) is 0. The third kappa shape index (κ3) is 4.15. The topological polar surface area (TPSA) is 0 Å². The second kappa shape index (κ2) is 1.73. The van der Waals surface area contributed by atoms with Crippen molar-refractivity contribution in [2.75, 3.05) is 6.67 Å². The molecular formula is C3H5ClF2. The second-order valence-corrected chi connectivity index (χ2v) is 1.99. The SMILES string of the molecule is CC(F)(Cl)CF. The van der Waals surface area contributed by atoms with Crippen LogP contribution in [0.1, 0.15) is 6.92 Å². The molecule has 0 amide bonds. The van der Waals surface area contributed by atoms with Gasteiger partial charge in [0, 0.05) is 0 Å². The van der Waals surface area contributed by atoms with Gasteiger partial charge in [-0.25, -0.2) is 8.78 Å². The highest BCUT2D eigenvalue weighted by Gasteiger charge is 2.16. The maximum absolute atomic E-state index is 11.5. The molecule has 0 aromatic carbocycles. The van der Waals surface area contributed by atoms with Gasteiger partial charge < -0.3 is 0 Å². The van der Waals surface area contributed by atoms with E-state index in [9.17, 15) is 8.78 Å². The summed E-state index contributed by atoms with van der Waals surface area (Å²) < 4.78 is 22.5. The van der Waals surface area contributed by atoms with Crippen molar-refractivity contribution < 1.29 is 8.78 Å². The van der Waals surface area contributed by atoms with Gasteiger partial charge in [0.1, 0.15) is 6.67 Å². The normalized spacial score (nSPS) is 20.0. The molecule has 0 aromatic rings. The summed E-state index contributed by atoms with van der Waals surface area (Å²) >= 11 is 4.68. The van der Waals surface area contributed by atoms with Gasteiger partial charge in [-0.15, -0.1) is 0 Å². The van der Waals surface area contributed by atoms with Crippen LogP contribution in [0.5, 0.6) is 0 Å². The Bertz CT molecular complexity index is 38.5. The van der Waals surface area contributed by atoms with E-state index in [2.05, 4.69) is 11.6 Å². The molecule has 3 heteroatoms. The molecule has 38 valence electrons. The van der Waals surface area contributed by atoms with E-state index in [1.165, 1.54) is 0 Å². The molecule has 0 saturated heterocycles. The van der Waals surface area contributed by atoms with Crippen LogP contribution in [-0.4, -0.2) is 11.8 Å². The molecule has 0 radical (unpaired) electrons. The Labute approximate surface area is 40.1 Å². The van der Waals surface area contributed by atoms with Crippen molar-refractivity contribution >= 4 is 11.6 Å². The maximum atomic E-state index is 11.5. The molecule has 0 aromatic heterocycles. The summed E-state index contributed by atoms with van der Waals surface area (Å²) in [5.74, 6) is 0. The van der Waals surface area contributed by atoms with Crippen LogP contribution in [0.15, 0.2) is 0 Å². The van der Waals surface area contributed by atoms with Crippen molar-refractivity contribution in [3.05, 3.63) is 0 Å². The molecular weight excluding hydrogens is 109 g/mol. The monoisotopic (exact) mass is 114 g/mol.